The maximum absolute atomic E-state index is 12.4. The number of hydrogen-bond acceptors (Lipinski definition) is 4. The quantitative estimate of drug-likeness (QED) is 0.813. The number of ether oxygens (including phenoxy) is 2. The zero-order chi connectivity index (χ0) is 16.6. The first-order valence-electron chi connectivity index (χ1n) is 6.63. The molecule has 3 rings (SSSR count). The Balaban J connectivity index is 2.00. The van der Waals surface area contributed by atoms with Gasteiger partial charge in [0.15, 0.2) is 11.5 Å². The standard InChI is InChI=1S/C16H11F2NO4/c1-22-13-8-9(6-7-12(13)23-16(17)18)19-14(20)10-4-2-3-5-11(10)15(19)21/h2-8,16H,1H3. The minimum absolute atomic E-state index is 0.000596. The van der Waals surface area contributed by atoms with Crippen molar-refractivity contribution >= 4 is 17.5 Å². The lowest BCUT2D eigenvalue weighted by molar-refractivity contribution is -0.0512. The summed E-state index contributed by atoms with van der Waals surface area (Å²) >= 11 is 0. The van der Waals surface area contributed by atoms with Gasteiger partial charge in [0.1, 0.15) is 0 Å². The average Bonchev–Trinajstić information content (AvgIpc) is 2.79. The predicted molar refractivity (Wildman–Crippen MR) is 77.2 cm³/mol. The number of hydrogen-bond donors (Lipinski definition) is 0. The predicted octanol–water partition coefficient (Wildman–Crippen LogP) is 3.10. The minimum Gasteiger partial charge on any atom is -0.493 e. The van der Waals surface area contributed by atoms with Gasteiger partial charge in [-0.05, 0) is 24.3 Å². The Morgan fingerprint density at radius 1 is 0.957 bits per heavy atom. The SMILES string of the molecule is COc1cc(N2C(=O)c3ccccc3C2=O)ccc1OC(F)F. The number of halogens is 2. The molecular weight excluding hydrogens is 308 g/mol. The molecule has 0 fully saturated rings. The summed E-state index contributed by atoms with van der Waals surface area (Å²) < 4.78 is 34.0. The first-order chi connectivity index (χ1) is 11.0. The van der Waals surface area contributed by atoms with Gasteiger partial charge >= 0.3 is 6.61 Å². The highest BCUT2D eigenvalue weighted by Crippen LogP contribution is 2.35. The molecule has 7 heteroatoms. The van der Waals surface area contributed by atoms with Crippen LogP contribution in [0.3, 0.4) is 0 Å². The van der Waals surface area contributed by atoms with Crippen molar-refractivity contribution in [2.75, 3.05) is 12.0 Å². The molecule has 23 heavy (non-hydrogen) atoms. The third-order valence-electron chi connectivity index (χ3n) is 3.42. The molecule has 2 amide bonds. The molecule has 0 N–H and O–H groups in total. The Kier molecular flexibility index (Phi) is 3.69. The van der Waals surface area contributed by atoms with Gasteiger partial charge in [-0.25, -0.2) is 4.90 Å². The van der Waals surface area contributed by atoms with Crippen molar-refractivity contribution in [1.29, 1.82) is 0 Å². The molecule has 2 aromatic rings. The molecule has 0 saturated heterocycles. The van der Waals surface area contributed by atoms with E-state index >= 15 is 0 Å². The van der Waals surface area contributed by atoms with E-state index in [1.165, 1.54) is 25.3 Å². The van der Waals surface area contributed by atoms with E-state index < -0.39 is 18.4 Å². The Bertz CT molecular complexity index is 756. The molecule has 0 radical (unpaired) electrons. The molecule has 1 heterocycles. The van der Waals surface area contributed by atoms with Crippen molar-refractivity contribution in [3.8, 4) is 11.5 Å². The van der Waals surface area contributed by atoms with Gasteiger partial charge < -0.3 is 9.47 Å². The van der Waals surface area contributed by atoms with Crippen LogP contribution in [0.1, 0.15) is 20.7 Å². The fourth-order valence-electron chi connectivity index (χ4n) is 2.41. The van der Waals surface area contributed by atoms with Crippen LogP contribution in [0, 0.1) is 0 Å². The van der Waals surface area contributed by atoms with Gasteiger partial charge in [-0.1, -0.05) is 12.1 Å². The van der Waals surface area contributed by atoms with E-state index in [4.69, 9.17) is 4.74 Å². The summed E-state index contributed by atoms with van der Waals surface area (Å²) in [7, 11) is 1.28. The average molecular weight is 319 g/mol. The van der Waals surface area contributed by atoms with Gasteiger partial charge in [0, 0.05) is 6.07 Å². The van der Waals surface area contributed by atoms with E-state index in [0.717, 1.165) is 4.90 Å². The normalized spacial score (nSPS) is 13.5. The highest BCUT2D eigenvalue weighted by atomic mass is 19.3. The van der Waals surface area contributed by atoms with Crippen LogP contribution in [0.5, 0.6) is 11.5 Å². The summed E-state index contributed by atoms with van der Waals surface area (Å²) in [5.41, 5.74) is 0.809. The van der Waals surface area contributed by atoms with Gasteiger partial charge in [0.05, 0.1) is 23.9 Å². The summed E-state index contributed by atoms with van der Waals surface area (Å²) in [6.07, 6.45) is 0. The van der Waals surface area contributed by atoms with E-state index in [9.17, 15) is 18.4 Å². The van der Waals surface area contributed by atoms with Crippen LogP contribution in [-0.2, 0) is 0 Å². The highest BCUT2D eigenvalue weighted by Gasteiger charge is 2.36. The number of nitrogens with zero attached hydrogens (tertiary/aromatic N) is 1. The molecule has 0 saturated carbocycles. The number of rotatable bonds is 4. The largest absolute Gasteiger partial charge is 0.493 e. The maximum Gasteiger partial charge on any atom is 0.387 e. The van der Waals surface area contributed by atoms with E-state index in [2.05, 4.69) is 4.74 Å². The summed E-state index contributed by atoms with van der Waals surface area (Å²) in [5.74, 6) is -1.13. The Hall–Kier alpha value is -2.96. The van der Waals surface area contributed by atoms with Crippen LogP contribution in [0.15, 0.2) is 42.5 Å². The van der Waals surface area contributed by atoms with Crippen LogP contribution in [-0.4, -0.2) is 25.5 Å². The number of anilines is 1. The number of amides is 2. The third-order valence-corrected chi connectivity index (χ3v) is 3.42. The second-order valence-corrected chi connectivity index (χ2v) is 4.70. The Morgan fingerprint density at radius 2 is 1.57 bits per heavy atom. The first kappa shape index (κ1) is 15.0. The topological polar surface area (TPSA) is 55.8 Å². The van der Waals surface area contributed by atoms with Gasteiger partial charge in [0.25, 0.3) is 11.8 Å². The smallest absolute Gasteiger partial charge is 0.387 e. The summed E-state index contributed by atoms with van der Waals surface area (Å²) in [4.78, 5) is 25.7. The lowest BCUT2D eigenvalue weighted by Gasteiger charge is -2.16. The first-order valence-corrected chi connectivity index (χ1v) is 6.63. The molecule has 0 aromatic heterocycles. The van der Waals surface area contributed by atoms with Gasteiger partial charge in [-0.2, -0.15) is 8.78 Å². The molecule has 1 aliphatic rings. The third kappa shape index (κ3) is 2.50. The van der Waals surface area contributed by atoms with Crippen LogP contribution in [0.4, 0.5) is 14.5 Å². The monoisotopic (exact) mass is 319 g/mol. The molecule has 0 aliphatic carbocycles. The van der Waals surface area contributed by atoms with Crippen molar-refractivity contribution in [2.45, 2.75) is 6.61 Å². The number of imide groups is 1. The van der Waals surface area contributed by atoms with Crippen LogP contribution >= 0.6 is 0 Å². The minimum atomic E-state index is -3.01. The van der Waals surface area contributed by atoms with Gasteiger partial charge in [-0.15, -0.1) is 0 Å². The summed E-state index contributed by atoms with van der Waals surface area (Å²) in [6, 6.07) is 10.3. The summed E-state index contributed by atoms with van der Waals surface area (Å²) in [5, 5.41) is 0. The Labute approximate surface area is 130 Å². The zero-order valence-electron chi connectivity index (χ0n) is 12.0. The molecule has 2 aromatic carbocycles. The van der Waals surface area contributed by atoms with Crippen molar-refractivity contribution in [2.24, 2.45) is 0 Å². The molecule has 5 nitrogen and oxygen atoms in total. The van der Waals surface area contributed by atoms with Crippen molar-refractivity contribution < 1.29 is 27.8 Å². The lowest BCUT2D eigenvalue weighted by atomic mass is 10.1. The fourth-order valence-corrected chi connectivity index (χ4v) is 2.41. The van der Waals surface area contributed by atoms with Crippen LogP contribution in [0.25, 0.3) is 0 Å². The van der Waals surface area contributed by atoms with Crippen molar-refractivity contribution in [1.82, 2.24) is 0 Å². The molecule has 0 bridgehead atoms. The highest BCUT2D eigenvalue weighted by molar-refractivity contribution is 6.34. The maximum atomic E-state index is 12.4. The Morgan fingerprint density at radius 3 is 2.09 bits per heavy atom. The number of benzene rings is 2. The molecular formula is C16H11F2NO4. The molecule has 118 valence electrons. The molecule has 0 spiro atoms. The van der Waals surface area contributed by atoms with Crippen LogP contribution < -0.4 is 14.4 Å². The second-order valence-electron chi connectivity index (χ2n) is 4.70. The molecule has 0 atom stereocenters. The van der Waals surface area contributed by atoms with Gasteiger partial charge in [-0.3, -0.25) is 9.59 Å². The van der Waals surface area contributed by atoms with Crippen molar-refractivity contribution in [3.05, 3.63) is 53.6 Å². The van der Waals surface area contributed by atoms with Crippen molar-refractivity contribution in [3.63, 3.8) is 0 Å². The van der Waals surface area contributed by atoms with E-state index in [-0.39, 0.29) is 17.2 Å². The number of carbonyl (C=O) groups excluding carboxylic acids is 2. The second kappa shape index (κ2) is 5.68. The fraction of sp³-hybridized carbons (Fsp3) is 0.125. The lowest BCUT2D eigenvalue weighted by Crippen LogP contribution is -2.29. The zero-order valence-corrected chi connectivity index (χ0v) is 12.0. The molecule has 0 unspecified atom stereocenters. The van der Waals surface area contributed by atoms with Gasteiger partial charge in [0.2, 0.25) is 0 Å². The number of fused-ring (bicyclic) bond motifs is 1. The van der Waals surface area contributed by atoms with E-state index in [1.54, 1.807) is 24.3 Å². The number of methoxy groups -OCH3 is 1. The number of carbonyl (C=O) groups is 2. The van der Waals surface area contributed by atoms with E-state index in [0.29, 0.717) is 11.1 Å². The molecule has 1 aliphatic heterocycles. The summed E-state index contributed by atoms with van der Waals surface area (Å²) in [6.45, 7) is -3.01. The number of alkyl halides is 2. The van der Waals surface area contributed by atoms with E-state index in [1.807, 2.05) is 0 Å². The van der Waals surface area contributed by atoms with Crippen LogP contribution in [0.2, 0.25) is 0 Å².